The van der Waals surface area contributed by atoms with Crippen LogP contribution in [0.15, 0.2) is 18.2 Å². The molecule has 3 N–H and O–H groups in total. The van der Waals surface area contributed by atoms with Crippen LogP contribution < -0.4 is 11.1 Å². The molecule has 0 radical (unpaired) electrons. The number of amides is 1. The molecule has 0 aliphatic heterocycles. The van der Waals surface area contributed by atoms with Crippen molar-refractivity contribution in [2.45, 2.75) is 33.1 Å². The molecule has 0 saturated heterocycles. The van der Waals surface area contributed by atoms with Gasteiger partial charge in [0.15, 0.2) is 0 Å². The van der Waals surface area contributed by atoms with Crippen molar-refractivity contribution in [1.29, 1.82) is 0 Å². The van der Waals surface area contributed by atoms with Crippen LogP contribution in [0, 0.1) is 6.92 Å². The Bertz CT molecular complexity index is 589. The van der Waals surface area contributed by atoms with E-state index in [-0.39, 0.29) is 5.91 Å². The number of rotatable bonds is 5. The number of unbranched alkanes of at least 4 members (excludes halogenated alkanes) is 2. The van der Waals surface area contributed by atoms with Crippen LogP contribution >= 0.6 is 11.3 Å². The summed E-state index contributed by atoms with van der Waals surface area (Å²) in [6.07, 6.45) is 3.31. The lowest BCUT2D eigenvalue weighted by molar-refractivity contribution is 0.0958. The SMILES string of the molecule is CCCCCNC(=O)c1sc2cc(C)ccc2c1N. The first-order valence-electron chi connectivity index (χ1n) is 6.70. The topological polar surface area (TPSA) is 55.1 Å². The third-order valence-electron chi connectivity index (χ3n) is 3.16. The number of fused-ring (bicyclic) bond motifs is 1. The first kappa shape index (κ1) is 13.9. The fourth-order valence-corrected chi connectivity index (χ4v) is 3.19. The Morgan fingerprint density at radius 1 is 1.37 bits per heavy atom. The molecule has 0 atom stereocenters. The molecule has 3 nitrogen and oxygen atoms in total. The van der Waals surface area contributed by atoms with E-state index in [1.165, 1.54) is 16.9 Å². The quantitative estimate of drug-likeness (QED) is 0.818. The van der Waals surface area contributed by atoms with Crippen molar-refractivity contribution in [1.82, 2.24) is 5.32 Å². The number of thiophene rings is 1. The molecule has 2 aromatic rings. The standard InChI is InChI=1S/C15H20N2OS/c1-3-4-5-8-17-15(18)14-13(16)11-7-6-10(2)9-12(11)19-14/h6-7,9H,3-5,8,16H2,1-2H3,(H,17,18). The molecule has 1 aromatic carbocycles. The van der Waals surface area contributed by atoms with Crippen LogP contribution in [-0.2, 0) is 0 Å². The average Bonchev–Trinajstić information content (AvgIpc) is 2.71. The average molecular weight is 276 g/mol. The highest BCUT2D eigenvalue weighted by Crippen LogP contribution is 2.34. The summed E-state index contributed by atoms with van der Waals surface area (Å²) in [5.74, 6) is -0.0487. The largest absolute Gasteiger partial charge is 0.397 e. The van der Waals surface area contributed by atoms with Crippen molar-refractivity contribution in [2.24, 2.45) is 0 Å². The summed E-state index contributed by atoms with van der Waals surface area (Å²) in [6.45, 7) is 4.91. The van der Waals surface area contributed by atoms with Gasteiger partial charge in [0.2, 0.25) is 0 Å². The fourth-order valence-electron chi connectivity index (χ4n) is 2.05. The van der Waals surface area contributed by atoms with Gasteiger partial charge in [-0.25, -0.2) is 0 Å². The zero-order chi connectivity index (χ0) is 13.8. The first-order chi connectivity index (χ1) is 9.13. The molecule has 0 bridgehead atoms. The third kappa shape index (κ3) is 3.07. The number of nitrogens with one attached hydrogen (secondary N) is 1. The van der Waals surface area contributed by atoms with Crippen molar-refractivity contribution in [3.05, 3.63) is 28.6 Å². The van der Waals surface area contributed by atoms with Crippen LogP contribution in [-0.4, -0.2) is 12.5 Å². The van der Waals surface area contributed by atoms with Gasteiger partial charge in [0, 0.05) is 16.6 Å². The van der Waals surface area contributed by atoms with Crippen molar-refractivity contribution < 1.29 is 4.79 Å². The number of anilines is 1. The Hall–Kier alpha value is -1.55. The van der Waals surface area contributed by atoms with Gasteiger partial charge in [-0.1, -0.05) is 31.9 Å². The maximum absolute atomic E-state index is 12.1. The van der Waals surface area contributed by atoms with E-state index in [0.29, 0.717) is 10.6 Å². The Labute approximate surface area is 117 Å². The zero-order valence-electron chi connectivity index (χ0n) is 11.5. The molecule has 19 heavy (non-hydrogen) atoms. The van der Waals surface area contributed by atoms with Crippen LogP contribution in [0.3, 0.4) is 0 Å². The number of nitrogens with two attached hydrogens (primary N) is 1. The van der Waals surface area contributed by atoms with Gasteiger partial charge in [-0.15, -0.1) is 11.3 Å². The van der Waals surface area contributed by atoms with Crippen molar-refractivity contribution in [2.75, 3.05) is 12.3 Å². The van der Waals surface area contributed by atoms with Gasteiger partial charge in [-0.05, 0) is 25.0 Å². The number of nitrogen functional groups attached to an aromatic ring is 1. The summed E-state index contributed by atoms with van der Waals surface area (Å²) in [5.41, 5.74) is 7.86. The minimum Gasteiger partial charge on any atom is -0.397 e. The maximum Gasteiger partial charge on any atom is 0.263 e. The van der Waals surface area contributed by atoms with Crippen LogP contribution in [0.1, 0.15) is 41.4 Å². The fraction of sp³-hybridized carbons (Fsp3) is 0.400. The van der Waals surface area contributed by atoms with E-state index in [9.17, 15) is 4.79 Å². The molecule has 1 heterocycles. The van der Waals surface area contributed by atoms with E-state index >= 15 is 0 Å². The molecular weight excluding hydrogens is 256 g/mol. The molecule has 0 fully saturated rings. The Morgan fingerprint density at radius 3 is 2.89 bits per heavy atom. The molecule has 4 heteroatoms. The van der Waals surface area contributed by atoms with E-state index < -0.39 is 0 Å². The lowest BCUT2D eigenvalue weighted by atomic mass is 10.1. The molecule has 0 aliphatic carbocycles. The van der Waals surface area contributed by atoms with Crippen LogP contribution in [0.25, 0.3) is 10.1 Å². The highest BCUT2D eigenvalue weighted by molar-refractivity contribution is 7.21. The lowest BCUT2D eigenvalue weighted by Gasteiger charge is -2.03. The highest BCUT2D eigenvalue weighted by Gasteiger charge is 2.15. The first-order valence-corrected chi connectivity index (χ1v) is 7.52. The molecule has 0 saturated carbocycles. The van der Waals surface area contributed by atoms with E-state index in [4.69, 9.17) is 5.73 Å². The second kappa shape index (κ2) is 6.06. The minimum absolute atomic E-state index is 0.0487. The van der Waals surface area contributed by atoms with Crippen LogP contribution in [0.5, 0.6) is 0 Å². The Kier molecular flexibility index (Phi) is 4.43. The van der Waals surface area contributed by atoms with Gasteiger partial charge < -0.3 is 11.1 Å². The van der Waals surface area contributed by atoms with Gasteiger partial charge >= 0.3 is 0 Å². The van der Waals surface area contributed by atoms with Crippen molar-refractivity contribution >= 4 is 33.0 Å². The zero-order valence-corrected chi connectivity index (χ0v) is 12.3. The maximum atomic E-state index is 12.1. The van der Waals surface area contributed by atoms with Crippen molar-refractivity contribution in [3.63, 3.8) is 0 Å². The summed E-state index contributed by atoms with van der Waals surface area (Å²) in [5, 5.41) is 3.92. The predicted molar refractivity (Wildman–Crippen MR) is 82.8 cm³/mol. The van der Waals surface area contributed by atoms with Gasteiger partial charge in [0.1, 0.15) is 4.88 Å². The summed E-state index contributed by atoms with van der Waals surface area (Å²) in [6, 6.07) is 6.09. The number of carbonyl (C=O) groups excluding carboxylic acids is 1. The van der Waals surface area contributed by atoms with E-state index in [0.717, 1.165) is 35.9 Å². The molecule has 1 amide bonds. The van der Waals surface area contributed by atoms with Crippen molar-refractivity contribution in [3.8, 4) is 0 Å². The number of hydrogen-bond acceptors (Lipinski definition) is 3. The number of benzene rings is 1. The molecule has 2 rings (SSSR count). The van der Waals surface area contributed by atoms with Gasteiger partial charge in [0.25, 0.3) is 5.91 Å². The van der Waals surface area contributed by atoms with Gasteiger partial charge in [-0.2, -0.15) is 0 Å². The van der Waals surface area contributed by atoms with E-state index in [1.807, 2.05) is 19.1 Å². The third-order valence-corrected chi connectivity index (χ3v) is 4.32. The molecule has 1 aromatic heterocycles. The minimum atomic E-state index is -0.0487. The smallest absolute Gasteiger partial charge is 0.263 e. The second-order valence-electron chi connectivity index (χ2n) is 4.81. The monoisotopic (exact) mass is 276 g/mol. The molecule has 0 spiro atoms. The number of hydrogen-bond donors (Lipinski definition) is 2. The number of carbonyl (C=O) groups is 1. The molecule has 102 valence electrons. The van der Waals surface area contributed by atoms with E-state index in [1.54, 1.807) is 0 Å². The molecular formula is C15H20N2OS. The summed E-state index contributed by atoms with van der Waals surface area (Å²) < 4.78 is 1.08. The molecule has 0 unspecified atom stereocenters. The normalized spacial score (nSPS) is 10.8. The summed E-state index contributed by atoms with van der Waals surface area (Å²) >= 11 is 1.47. The van der Waals surface area contributed by atoms with Gasteiger partial charge in [-0.3, -0.25) is 4.79 Å². The highest BCUT2D eigenvalue weighted by atomic mass is 32.1. The summed E-state index contributed by atoms with van der Waals surface area (Å²) in [4.78, 5) is 12.7. The summed E-state index contributed by atoms with van der Waals surface area (Å²) in [7, 11) is 0. The second-order valence-corrected chi connectivity index (χ2v) is 5.86. The van der Waals surface area contributed by atoms with Crippen LogP contribution in [0.4, 0.5) is 5.69 Å². The van der Waals surface area contributed by atoms with E-state index in [2.05, 4.69) is 18.3 Å². The van der Waals surface area contributed by atoms with Gasteiger partial charge in [0.05, 0.1) is 5.69 Å². The Balaban J connectivity index is 2.15. The van der Waals surface area contributed by atoms with Crippen LogP contribution in [0.2, 0.25) is 0 Å². The number of aryl methyl sites for hydroxylation is 1. The Morgan fingerprint density at radius 2 is 2.16 bits per heavy atom. The molecule has 0 aliphatic rings. The lowest BCUT2D eigenvalue weighted by Crippen LogP contribution is -2.24. The predicted octanol–water partition coefficient (Wildman–Crippen LogP) is 3.71.